The van der Waals surface area contributed by atoms with Gasteiger partial charge in [0.15, 0.2) is 0 Å². The molecule has 7 heteroatoms. The van der Waals surface area contributed by atoms with Crippen molar-refractivity contribution in [3.8, 4) is 0 Å². The Morgan fingerprint density at radius 1 is 1.53 bits per heavy atom. The lowest BCUT2D eigenvalue weighted by Crippen LogP contribution is -2.17. The Morgan fingerprint density at radius 3 is 2.88 bits per heavy atom. The molecular formula is C10H12N2O3S2. The van der Waals surface area contributed by atoms with E-state index in [0.717, 1.165) is 16.0 Å². The van der Waals surface area contributed by atoms with Crippen molar-refractivity contribution < 1.29 is 13.5 Å². The molecule has 0 radical (unpaired) electrons. The van der Waals surface area contributed by atoms with E-state index in [1.165, 1.54) is 6.92 Å². The molecule has 2 rings (SSSR count). The molecule has 1 heterocycles. The van der Waals surface area contributed by atoms with Crippen LogP contribution in [0.4, 0.5) is 5.69 Å². The lowest BCUT2D eigenvalue weighted by molar-refractivity contribution is 0.218. The van der Waals surface area contributed by atoms with E-state index >= 15 is 0 Å². The van der Waals surface area contributed by atoms with Gasteiger partial charge >= 0.3 is 0 Å². The molecule has 1 unspecified atom stereocenters. The number of aromatic nitrogens is 1. The molecule has 0 aliphatic heterocycles. The monoisotopic (exact) mass is 272 g/mol. The van der Waals surface area contributed by atoms with Crippen LogP contribution in [0.5, 0.6) is 0 Å². The van der Waals surface area contributed by atoms with Gasteiger partial charge in [-0.15, -0.1) is 11.3 Å². The van der Waals surface area contributed by atoms with Gasteiger partial charge < -0.3 is 10.8 Å². The third kappa shape index (κ3) is 2.56. The van der Waals surface area contributed by atoms with E-state index in [9.17, 15) is 8.42 Å². The summed E-state index contributed by atoms with van der Waals surface area (Å²) in [6.07, 6.45) is -0.905. The molecule has 0 aliphatic carbocycles. The van der Waals surface area contributed by atoms with Crippen LogP contribution >= 0.6 is 11.3 Å². The van der Waals surface area contributed by atoms with Gasteiger partial charge in [0.05, 0.1) is 22.1 Å². The first kappa shape index (κ1) is 12.3. The number of rotatable bonds is 3. The van der Waals surface area contributed by atoms with Crippen LogP contribution in [-0.2, 0) is 9.84 Å². The third-order valence-electron chi connectivity index (χ3n) is 2.12. The number of fused-ring (bicyclic) bond motifs is 1. The number of thiazole rings is 1. The number of nitrogens with zero attached hydrogens (tertiary/aromatic N) is 1. The van der Waals surface area contributed by atoms with Crippen LogP contribution in [0.15, 0.2) is 22.5 Å². The lowest BCUT2D eigenvalue weighted by atomic mass is 10.3. The highest BCUT2D eigenvalue weighted by atomic mass is 32.2. The predicted molar refractivity (Wildman–Crippen MR) is 67.8 cm³/mol. The number of anilines is 1. The molecule has 0 aliphatic rings. The first-order valence-corrected chi connectivity index (χ1v) is 7.42. The second kappa shape index (κ2) is 4.25. The van der Waals surface area contributed by atoms with Crippen molar-refractivity contribution in [2.24, 2.45) is 0 Å². The van der Waals surface area contributed by atoms with Gasteiger partial charge in [0.2, 0.25) is 14.2 Å². The van der Waals surface area contributed by atoms with Gasteiger partial charge in [0.1, 0.15) is 0 Å². The summed E-state index contributed by atoms with van der Waals surface area (Å²) >= 11 is 1.07. The molecule has 2 aromatic rings. The van der Waals surface area contributed by atoms with Gasteiger partial charge in [0.25, 0.3) is 0 Å². The van der Waals surface area contributed by atoms with E-state index in [1.807, 2.05) is 0 Å². The highest BCUT2D eigenvalue weighted by Gasteiger charge is 2.21. The van der Waals surface area contributed by atoms with Gasteiger partial charge in [-0.1, -0.05) is 0 Å². The Morgan fingerprint density at radius 2 is 2.24 bits per heavy atom. The highest BCUT2D eigenvalue weighted by molar-refractivity contribution is 7.93. The van der Waals surface area contributed by atoms with E-state index in [2.05, 4.69) is 4.98 Å². The second-order valence-electron chi connectivity index (χ2n) is 3.84. The van der Waals surface area contributed by atoms with Crippen molar-refractivity contribution in [1.29, 1.82) is 0 Å². The molecule has 1 aromatic heterocycles. The number of aliphatic hydroxyl groups excluding tert-OH is 1. The Bertz CT molecular complexity index is 647. The quantitative estimate of drug-likeness (QED) is 0.814. The number of aliphatic hydroxyl groups is 1. The maximum absolute atomic E-state index is 11.9. The van der Waals surface area contributed by atoms with E-state index in [0.29, 0.717) is 11.2 Å². The van der Waals surface area contributed by atoms with Crippen LogP contribution in [0.2, 0.25) is 0 Å². The molecule has 3 N–H and O–H groups in total. The molecule has 1 aromatic carbocycles. The largest absolute Gasteiger partial charge is 0.399 e. The maximum Gasteiger partial charge on any atom is 0.210 e. The first-order chi connectivity index (χ1) is 7.88. The molecule has 0 saturated carbocycles. The second-order valence-corrected chi connectivity index (χ2v) is 7.08. The van der Waals surface area contributed by atoms with Gasteiger partial charge in [-0.2, -0.15) is 0 Å². The normalized spacial score (nSPS) is 14.0. The van der Waals surface area contributed by atoms with Gasteiger partial charge in [-0.3, -0.25) is 0 Å². The zero-order valence-electron chi connectivity index (χ0n) is 9.12. The number of sulfone groups is 1. The number of hydrogen-bond donors (Lipinski definition) is 2. The summed E-state index contributed by atoms with van der Waals surface area (Å²) in [4.78, 5) is 4.04. The van der Waals surface area contributed by atoms with Crippen LogP contribution in [0.25, 0.3) is 10.2 Å². The minimum Gasteiger partial charge on any atom is -0.399 e. The summed E-state index contributed by atoms with van der Waals surface area (Å²) in [5.41, 5.74) is 6.79. The fourth-order valence-electron chi connectivity index (χ4n) is 1.44. The number of nitrogen functional groups attached to an aromatic ring is 1. The summed E-state index contributed by atoms with van der Waals surface area (Å²) in [6, 6.07) is 5.05. The fraction of sp³-hybridized carbons (Fsp3) is 0.300. The van der Waals surface area contributed by atoms with Crippen molar-refractivity contribution in [3.05, 3.63) is 18.2 Å². The van der Waals surface area contributed by atoms with Gasteiger partial charge in [-0.25, -0.2) is 13.4 Å². The molecule has 0 saturated heterocycles. The minimum absolute atomic E-state index is 0.0269. The van der Waals surface area contributed by atoms with E-state index < -0.39 is 15.9 Å². The lowest BCUT2D eigenvalue weighted by Gasteiger charge is -2.02. The Hall–Kier alpha value is -1.18. The van der Waals surface area contributed by atoms with E-state index in [-0.39, 0.29) is 10.1 Å². The molecule has 17 heavy (non-hydrogen) atoms. The molecule has 0 spiro atoms. The zero-order valence-corrected chi connectivity index (χ0v) is 10.8. The fourth-order valence-corrected chi connectivity index (χ4v) is 4.18. The highest BCUT2D eigenvalue weighted by Crippen LogP contribution is 2.27. The summed E-state index contributed by atoms with van der Waals surface area (Å²) in [5, 5.41) is 9.15. The molecule has 0 amide bonds. The molecule has 0 fully saturated rings. The summed E-state index contributed by atoms with van der Waals surface area (Å²) in [5.74, 6) is -0.317. The maximum atomic E-state index is 11.9. The van der Waals surface area contributed by atoms with Gasteiger partial charge in [0, 0.05) is 5.69 Å². The van der Waals surface area contributed by atoms with Crippen molar-refractivity contribution in [2.75, 3.05) is 11.5 Å². The number of nitrogens with two attached hydrogens (primary N) is 1. The van der Waals surface area contributed by atoms with Crippen LogP contribution in [0.3, 0.4) is 0 Å². The van der Waals surface area contributed by atoms with E-state index in [4.69, 9.17) is 10.8 Å². The topological polar surface area (TPSA) is 93.3 Å². The van der Waals surface area contributed by atoms with Crippen LogP contribution in [-0.4, -0.2) is 30.4 Å². The Labute approximate surface area is 103 Å². The van der Waals surface area contributed by atoms with Crippen LogP contribution in [0.1, 0.15) is 6.92 Å². The Balaban J connectivity index is 2.50. The van der Waals surface area contributed by atoms with Crippen molar-refractivity contribution in [2.45, 2.75) is 17.4 Å². The van der Waals surface area contributed by atoms with Crippen LogP contribution in [0, 0.1) is 0 Å². The SMILES string of the molecule is CC(O)CS(=O)(=O)c1nc2ccc(N)cc2s1. The minimum atomic E-state index is -3.52. The standard InChI is InChI=1S/C10H12N2O3S2/c1-6(13)5-17(14,15)10-12-8-3-2-7(11)4-9(8)16-10/h2-4,6,13H,5,11H2,1H3. The average Bonchev–Trinajstić information content (AvgIpc) is 2.58. The van der Waals surface area contributed by atoms with Crippen molar-refractivity contribution in [1.82, 2.24) is 4.98 Å². The van der Waals surface area contributed by atoms with E-state index in [1.54, 1.807) is 18.2 Å². The smallest absolute Gasteiger partial charge is 0.210 e. The summed E-state index contributed by atoms with van der Waals surface area (Å²) in [7, 11) is -3.52. The molecular weight excluding hydrogens is 260 g/mol. The summed E-state index contributed by atoms with van der Waals surface area (Å²) in [6.45, 7) is 1.43. The molecule has 92 valence electrons. The number of benzene rings is 1. The Kier molecular flexibility index (Phi) is 3.07. The molecule has 5 nitrogen and oxygen atoms in total. The summed E-state index contributed by atoms with van der Waals surface area (Å²) < 4.78 is 24.5. The predicted octanol–water partition coefficient (Wildman–Crippen LogP) is 1.03. The van der Waals surface area contributed by atoms with Crippen LogP contribution < -0.4 is 5.73 Å². The first-order valence-electron chi connectivity index (χ1n) is 4.95. The number of hydrogen-bond acceptors (Lipinski definition) is 6. The third-order valence-corrected chi connectivity index (χ3v) is 5.49. The average molecular weight is 272 g/mol. The van der Waals surface area contributed by atoms with Gasteiger partial charge in [-0.05, 0) is 25.1 Å². The van der Waals surface area contributed by atoms with Crippen molar-refractivity contribution >= 4 is 37.1 Å². The van der Waals surface area contributed by atoms with Crippen molar-refractivity contribution in [3.63, 3.8) is 0 Å². The molecule has 0 bridgehead atoms. The molecule has 1 atom stereocenters. The zero-order chi connectivity index (χ0) is 12.6.